The van der Waals surface area contributed by atoms with Crippen LogP contribution in [0.2, 0.25) is 0 Å². The Morgan fingerprint density at radius 3 is 2.25 bits per heavy atom. The number of carbonyl (C=O) groups excluding carboxylic acids is 1. The van der Waals surface area contributed by atoms with Crippen LogP contribution in [0.1, 0.15) is 89.0 Å². The predicted molar refractivity (Wildman–Crippen MR) is 141 cm³/mol. The second-order valence-electron chi connectivity index (χ2n) is 11.4. The number of aliphatic hydroxyl groups excluding tert-OH is 1. The fourth-order valence-corrected chi connectivity index (χ4v) is 5.57. The van der Waals surface area contributed by atoms with Gasteiger partial charge in [-0.1, -0.05) is 65.2 Å². The fourth-order valence-electron chi connectivity index (χ4n) is 5.57. The van der Waals surface area contributed by atoms with Gasteiger partial charge in [0.05, 0.1) is 12.1 Å². The Labute approximate surface area is 214 Å². The molecule has 0 heterocycles. The first kappa shape index (κ1) is 28.3. The average Bonchev–Trinajstić information content (AvgIpc) is 2.81. The summed E-state index contributed by atoms with van der Waals surface area (Å²) in [5.74, 6) is -1.65. The molecular formula is C30H42F2N2O2. The summed E-state index contributed by atoms with van der Waals surface area (Å²) in [5, 5.41) is 17.6. The third-order valence-corrected chi connectivity index (χ3v) is 7.44. The third kappa shape index (κ3) is 7.13. The Balaban J connectivity index is 1.85. The van der Waals surface area contributed by atoms with E-state index in [0.717, 1.165) is 38.2 Å². The molecule has 1 aliphatic rings. The van der Waals surface area contributed by atoms with Crippen molar-refractivity contribution in [3.63, 3.8) is 0 Å². The average molecular weight is 501 g/mol. The van der Waals surface area contributed by atoms with Gasteiger partial charge in [-0.25, -0.2) is 8.78 Å². The molecule has 0 radical (unpaired) electrons. The van der Waals surface area contributed by atoms with Crippen LogP contribution in [0, 0.1) is 11.6 Å². The van der Waals surface area contributed by atoms with Gasteiger partial charge in [-0.15, -0.1) is 0 Å². The van der Waals surface area contributed by atoms with Crippen molar-refractivity contribution in [3.05, 3.63) is 70.3 Å². The topological polar surface area (TPSA) is 61.4 Å². The molecule has 1 saturated carbocycles. The number of hydrogen-bond donors (Lipinski definition) is 3. The van der Waals surface area contributed by atoms with Crippen LogP contribution in [-0.2, 0) is 28.6 Å². The lowest BCUT2D eigenvalue weighted by molar-refractivity contribution is -0.120. The van der Waals surface area contributed by atoms with E-state index >= 15 is 0 Å². The van der Waals surface area contributed by atoms with Gasteiger partial charge in [0.2, 0.25) is 5.91 Å². The number of benzene rings is 2. The summed E-state index contributed by atoms with van der Waals surface area (Å²) in [6, 6.07) is 9.42. The highest BCUT2D eigenvalue weighted by Gasteiger charge is 2.36. The van der Waals surface area contributed by atoms with Gasteiger partial charge in [0.15, 0.2) is 0 Å². The molecule has 3 N–H and O–H groups in total. The molecule has 6 heteroatoms. The Kier molecular flexibility index (Phi) is 9.28. The molecular weight excluding hydrogens is 458 g/mol. The standard InChI is InChI=1S/C30H42F2N2O2/c1-6-22-10-11-23(17-26(22)29(3,4)5)30(12-8-7-9-13-30)33-19-28(36)27(34-20(2)35)16-21-14-24(31)18-25(32)15-21/h10-11,14-15,17-18,27-28,33,36H,6-9,12-13,16,19H2,1-5H3,(H,34,35). The van der Waals surface area contributed by atoms with Gasteiger partial charge in [-0.2, -0.15) is 0 Å². The lowest BCUT2D eigenvalue weighted by atomic mass is 9.73. The summed E-state index contributed by atoms with van der Waals surface area (Å²) >= 11 is 0. The fraction of sp³-hybridized carbons (Fsp3) is 0.567. The van der Waals surface area contributed by atoms with E-state index in [-0.39, 0.29) is 29.8 Å². The second-order valence-corrected chi connectivity index (χ2v) is 11.4. The van der Waals surface area contributed by atoms with Crippen molar-refractivity contribution < 1.29 is 18.7 Å². The van der Waals surface area contributed by atoms with Crippen molar-refractivity contribution in [2.24, 2.45) is 0 Å². The molecule has 2 aromatic carbocycles. The van der Waals surface area contributed by atoms with Crippen LogP contribution in [0.15, 0.2) is 36.4 Å². The zero-order valence-corrected chi connectivity index (χ0v) is 22.4. The van der Waals surface area contributed by atoms with Crippen molar-refractivity contribution in [2.45, 2.75) is 103 Å². The van der Waals surface area contributed by atoms with Crippen LogP contribution in [-0.4, -0.2) is 29.7 Å². The number of hydrogen-bond acceptors (Lipinski definition) is 3. The molecule has 0 aromatic heterocycles. The van der Waals surface area contributed by atoms with Gasteiger partial charge in [0.1, 0.15) is 11.6 Å². The molecule has 2 aromatic rings. The lowest BCUT2D eigenvalue weighted by Crippen LogP contribution is -2.53. The molecule has 0 saturated heterocycles. The van der Waals surface area contributed by atoms with Crippen LogP contribution >= 0.6 is 0 Å². The van der Waals surface area contributed by atoms with Gasteiger partial charge in [0.25, 0.3) is 0 Å². The van der Waals surface area contributed by atoms with Gasteiger partial charge in [-0.3, -0.25) is 4.79 Å². The van der Waals surface area contributed by atoms with E-state index in [1.807, 2.05) is 0 Å². The maximum atomic E-state index is 13.7. The molecule has 0 aliphatic heterocycles. The van der Waals surface area contributed by atoms with E-state index in [9.17, 15) is 18.7 Å². The molecule has 1 fully saturated rings. The molecule has 3 rings (SSSR count). The van der Waals surface area contributed by atoms with Crippen molar-refractivity contribution >= 4 is 5.91 Å². The van der Waals surface area contributed by atoms with Crippen molar-refractivity contribution in [2.75, 3.05) is 6.54 Å². The van der Waals surface area contributed by atoms with Crippen LogP contribution in [0.4, 0.5) is 8.78 Å². The van der Waals surface area contributed by atoms with E-state index in [2.05, 4.69) is 56.5 Å². The minimum absolute atomic E-state index is 0.0213. The highest BCUT2D eigenvalue weighted by atomic mass is 19.1. The summed E-state index contributed by atoms with van der Waals surface area (Å²) in [6.07, 6.45) is 5.49. The second kappa shape index (κ2) is 11.8. The third-order valence-electron chi connectivity index (χ3n) is 7.44. The zero-order chi connectivity index (χ0) is 26.5. The summed E-state index contributed by atoms with van der Waals surface area (Å²) in [5.41, 5.74) is 4.08. The highest BCUT2D eigenvalue weighted by molar-refractivity contribution is 5.73. The molecule has 0 spiro atoms. The van der Waals surface area contributed by atoms with Crippen molar-refractivity contribution in [1.82, 2.24) is 10.6 Å². The molecule has 4 nitrogen and oxygen atoms in total. The molecule has 2 unspecified atom stereocenters. The number of rotatable bonds is 9. The number of carbonyl (C=O) groups is 1. The number of aliphatic hydroxyl groups is 1. The molecule has 198 valence electrons. The van der Waals surface area contributed by atoms with Gasteiger partial charge in [-0.05, 0) is 65.5 Å². The molecule has 2 atom stereocenters. The number of halogens is 2. The maximum Gasteiger partial charge on any atom is 0.217 e. The first-order valence-electron chi connectivity index (χ1n) is 13.2. The van der Waals surface area contributed by atoms with E-state index in [0.29, 0.717) is 5.56 Å². The quantitative estimate of drug-likeness (QED) is 0.415. The first-order chi connectivity index (χ1) is 16.9. The first-order valence-corrected chi connectivity index (χ1v) is 13.2. The Morgan fingerprint density at radius 1 is 1.06 bits per heavy atom. The van der Waals surface area contributed by atoms with E-state index in [4.69, 9.17) is 0 Å². The van der Waals surface area contributed by atoms with Gasteiger partial charge >= 0.3 is 0 Å². The predicted octanol–water partition coefficient (Wildman–Crippen LogP) is 5.68. The number of amides is 1. The Bertz CT molecular complexity index is 1020. The summed E-state index contributed by atoms with van der Waals surface area (Å²) in [4.78, 5) is 11.9. The van der Waals surface area contributed by atoms with Crippen LogP contribution in [0.3, 0.4) is 0 Å². The van der Waals surface area contributed by atoms with E-state index in [1.165, 1.54) is 42.2 Å². The normalized spacial score (nSPS) is 17.4. The van der Waals surface area contributed by atoms with Crippen molar-refractivity contribution in [1.29, 1.82) is 0 Å². The number of nitrogens with one attached hydrogen (secondary N) is 2. The highest BCUT2D eigenvalue weighted by Crippen LogP contribution is 2.39. The SMILES string of the molecule is CCc1ccc(C2(NCC(O)C(Cc3cc(F)cc(F)c3)NC(C)=O)CCCCC2)cc1C(C)(C)C. The minimum atomic E-state index is -0.934. The lowest BCUT2D eigenvalue weighted by Gasteiger charge is -2.41. The van der Waals surface area contributed by atoms with E-state index < -0.39 is 23.8 Å². The number of aryl methyl sites for hydroxylation is 1. The summed E-state index contributed by atoms with van der Waals surface area (Å²) in [6.45, 7) is 10.5. The smallest absolute Gasteiger partial charge is 0.217 e. The van der Waals surface area contributed by atoms with E-state index in [1.54, 1.807) is 0 Å². The molecule has 1 amide bonds. The maximum absolute atomic E-state index is 13.7. The van der Waals surface area contributed by atoms with Crippen LogP contribution in [0.5, 0.6) is 0 Å². The van der Waals surface area contributed by atoms with Gasteiger partial charge < -0.3 is 15.7 Å². The largest absolute Gasteiger partial charge is 0.390 e. The summed E-state index contributed by atoms with van der Waals surface area (Å²) < 4.78 is 27.5. The Hall–Kier alpha value is -2.31. The molecule has 0 bridgehead atoms. The Morgan fingerprint density at radius 2 is 1.69 bits per heavy atom. The van der Waals surface area contributed by atoms with Crippen LogP contribution < -0.4 is 10.6 Å². The zero-order valence-electron chi connectivity index (χ0n) is 22.4. The summed E-state index contributed by atoms with van der Waals surface area (Å²) in [7, 11) is 0. The van der Waals surface area contributed by atoms with Crippen molar-refractivity contribution in [3.8, 4) is 0 Å². The van der Waals surface area contributed by atoms with Gasteiger partial charge in [0, 0.05) is 25.1 Å². The molecule has 1 aliphatic carbocycles. The van der Waals surface area contributed by atoms with Crippen LogP contribution in [0.25, 0.3) is 0 Å². The minimum Gasteiger partial charge on any atom is -0.390 e. The molecule has 36 heavy (non-hydrogen) atoms. The monoisotopic (exact) mass is 500 g/mol.